The van der Waals surface area contributed by atoms with Crippen molar-refractivity contribution in [3.8, 4) is 5.75 Å². The van der Waals surface area contributed by atoms with Crippen LogP contribution in [0.25, 0.3) is 0 Å². The van der Waals surface area contributed by atoms with E-state index in [1.807, 2.05) is 44.0 Å². The lowest BCUT2D eigenvalue weighted by Crippen LogP contribution is -2.21. The van der Waals surface area contributed by atoms with Crippen LogP contribution in [0, 0.1) is 0 Å². The summed E-state index contributed by atoms with van der Waals surface area (Å²) < 4.78 is 5.71. The molecule has 6 nitrogen and oxygen atoms in total. The maximum Gasteiger partial charge on any atom is 0.275 e. The predicted octanol–water partition coefficient (Wildman–Crippen LogP) is 3.75. The van der Waals surface area contributed by atoms with Crippen LogP contribution in [-0.4, -0.2) is 35.6 Å². The van der Waals surface area contributed by atoms with Gasteiger partial charge in [0.15, 0.2) is 0 Å². The van der Waals surface area contributed by atoms with Crippen LogP contribution in [0.5, 0.6) is 5.75 Å². The van der Waals surface area contributed by atoms with Crippen LogP contribution < -0.4 is 15.0 Å². The van der Waals surface area contributed by atoms with E-state index >= 15 is 0 Å². The maximum absolute atomic E-state index is 12.4. The van der Waals surface area contributed by atoms with Crippen LogP contribution in [0.1, 0.15) is 44.1 Å². The highest BCUT2D eigenvalue weighted by Gasteiger charge is 2.13. The van der Waals surface area contributed by atoms with Crippen molar-refractivity contribution in [1.29, 1.82) is 0 Å². The number of aromatic nitrogens is 2. The van der Waals surface area contributed by atoms with Crippen molar-refractivity contribution in [3.63, 3.8) is 0 Å². The summed E-state index contributed by atoms with van der Waals surface area (Å²) in [6.07, 6.45) is 5.36. The molecule has 134 valence electrons. The number of nitrogens with zero attached hydrogens (tertiary/aromatic N) is 3. The van der Waals surface area contributed by atoms with Crippen LogP contribution in [0.15, 0.2) is 36.7 Å². The second kappa shape index (κ2) is 9.01. The highest BCUT2D eigenvalue weighted by atomic mass is 16.5. The van der Waals surface area contributed by atoms with E-state index in [9.17, 15) is 4.79 Å². The molecular weight excluding hydrogens is 316 g/mol. The highest BCUT2D eigenvalue weighted by Crippen LogP contribution is 2.25. The Kier molecular flexibility index (Phi) is 6.74. The first-order chi connectivity index (χ1) is 12.0. The van der Waals surface area contributed by atoms with E-state index in [1.165, 1.54) is 6.20 Å². The Morgan fingerprint density at radius 3 is 2.64 bits per heavy atom. The largest absolute Gasteiger partial charge is 0.489 e. The summed E-state index contributed by atoms with van der Waals surface area (Å²) in [5, 5.41) is 2.84. The van der Waals surface area contributed by atoms with E-state index in [4.69, 9.17) is 4.74 Å². The van der Waals surface area contributed by atoms with Gasteiger partial charge in [0.25, 0.3) is 5.91 Å². The Bertz CT molecular complexity index is 686. The average Bonchev–Trinajstić information content (AvgIpc) is 2.61. The number of benzene rings is 1. The number of amides is 1. The van der Waals surface area contributed by atoms with E-state index in [0.29, 0.717) is 11.4 Å². The molecule has 0 radical (unpaired) electrons. The molecule has 0 saturated heterocycles. The fraction of sp³-hybridized carbons (Fsp3) is 0.421. The van der Waals surface area contributed by atoms with Gasteiger partial charge in [-0.15, -0.1) is 0 Å². The zero-order valence-electron chi connectivity index (χ0n) is 15.3. The molecule has 25 heavy (non-hydrogen) atoms. The van der Waals surface area contributed by atoms with Gasteiger partial charge in [-0.25, -0.2) is 9.97 Å². The number of carbonyl (C=O) groups excluding carboxylic acids is 1. The molecule has 2 rings (SSSR count). The topological polar surface area (TPSA) is 67.4 Å². The van der Waals surface area contributed by atoms with Gasteiger partial charge in [-0.05, 0) is 32.4 Å². The van der Waals surface area contributed by atoms with Crippen molar-refractivity contribution in [2.75, 3.05) is 23.8 Å². The molecule has 0 fully saturated rings. The summed E-state index contributed by atoms with van der Waals surface area (Å²) in [6.45, 7) is 6.94. The van der Waals surface area contributed by atoms with E-state index in [0.717, 1.165) is 25.2 Å². The number of para-hydroxylation sites is 2. The molecule has 0 saturated carbocycles. The third-order valence-electron chi connectivity index (χ3n) is 3.61. The molecule has 0 spiro atoms. The predicted molar refractivity (Wildman–Crippen MR) is 100 cm³/mol. The number of nitrogens with one attached hydrogen (secondary N) is 1. The molecule has 0 aliphatic rings. The smallest absolute Gasteiger partial charge is 0.275 e. The third-order valence-corrected chi connectivity index (χ3v) is 3.61. The van der Waals surface area contributed by atoms with Gasteiger partial charge in [-0.3, -0.25) is 4.79 Å². The molecule has 0 unspecified atom stereocenters. The second-order valence-electron chi connectivity index (χ2n) is 6.15. The number of ether oxygens (including phenoxy) is 1. The minimum Gasteiger partial charge on any atom is -0.489 e. The summed E-state index contributed by atoms with van der Waals surface area (Å²) >= 11 is 0. The quantitative estimate of drug-likeness (QED) is 0.791. The molecule has 1 amide bonds. The van der Waals surface area contributed by atoms with Crippen LogP contribution in [-0.2, 0) is 0 Å². The van der Waals surface area contributed by atoms with E-state index in [1.54, 1.807) is 12.3 Å². The number of unbranched alkanes of at least 4 members (excludes halogenated alkanes) is 1. The lowest BCUT2D eigenvalue weighted by molar-refractivity contribution is 0.102. The first-order valence-corrected chi connectivity index (χ1v) is 8.61. The van der Waals surface area contributed by atoms with Gasteiger partial charge < -0.3 is 15.0 Å². The third kappa shape index (κ3) is 5.45. The molecule has 1 aromatic heterocycles. The molecule has 6 heteroatoms. The summed E-state index contributed by atoms with van der Waals surface area (Å²) in [5.41, 5.74) is 0.888. The molecule has 1 N–H and O–H groups in total. The maximum atomic E-state index is 12.4. The number of hydrogen-bond acceptors (Lipinski definition) is 5. The van der Waals surface area contributed by atoms with Crippen molar-refractivity contribution in [3.05, 3.63) is 42.4 Å². The van der Waals surface area contributed by atoms with Crippen LogP contribution in [0.3, 0.4) is 0 Å². The fourth-order valence-corrected chi connectivity index (χ4v) is 2.26. The molecule has 1 aromatic carbocycles. The zero-order valence-corrected chi connectivity index (χ0v) is 15.3. The van der Waals surface area contributed by atoms with Gasteiger partial charge in [0.1, 0.15) is 17.3 Å². The standard InChI is InChI=1S/C19H26N4O2/c1-5-6-11-23(4)18-13-20-16(12-21-18)19(24)22-15-9-7-8-10-17(15)25-14(2)3/h7-10,12-14H,5-6,11H2,1-4H3,(H,22,24). The van der Waals surface area contributed by atoms with Crippen LogP contribution >= 0.6 is 0 Å². The Balaban J connectivity index is 2.06. The second-order valence-corrected chi connectivity index (χ2v) is 6.15. The van der Waals surface area contributed by atoms with Crippen molar-refractivity contribution < 1.29 is 9.53 Å². The van der Waals surface area contributed by atoms with Crippen molar-refractivity contribution in [2.45, 2.75) is 39.7 Å². The lowest BCUT2D eigenvalue weighted by Gasteiger charge is -2.17. The van der Waals surface area contributed by atoms with Crippen LogP contribution in [0.2, 0.25) is 0 Å². The summed E-state index contributed by atoms with van der Waals surface area (Å²) in [4.78, 5) is 23.0. The number of carbonyl (C=O) groups is 1. The van der Waals surface area contributed by atoms with Gasteiger partial charge in [0.05, 0.1) is 24.2 Å². The van der Waals surface area contributed by atoms with E-state index < -0.39 is 0 Å². The van der Waals surface area contributed by atoms with E-state index in [2.05, 4.69) is 22.2 Å². The highest BCUT2D eigenvalue weighted by molar-refractivity contribution is 6.03. The van der Waals surface area contributed by atoms with Gasteiger partial charge in [0.2, 0.25) is 0 Å². The Labute approximate surface area is 149 Å². The van der Waals surface area contributed by atoms with Crippen molar-refractivity contribution in [1.82, 2.24) is 9.97 Å². The lowest BCUT2D eigenvalue weighted by atomic mass is 10.2. The first kappa shape index (κ1) is 18.7. The Morgan fingerprint density at radius 1 is 1.24 bits per heavy atom. The summed E-state index contributed by atoms with van der Waals surface area (Å²) in [7, 11) is 1.97. The van der Waals surface area contributed by atoms with Crippen molar-refractivity contribution in [2.24, 2.45) is 0 Å². The van der Waals surface area contributed by atoms with Gasteiger partial charge in [-0.1, -0.05) is 25.5 Å². The first-order valence-electron chi connectivity index (χ1n) is 8.61. The molecule has 2 aromatic rings. The van der Waals surface area contributed by atoms with Crippen molar-refractivity contribution >= 4 is 17.4 Å². The molecule has 0 aliphatic carbocycles. The van der Waals surface area contributed by atoms with Gasteiger partial charge >= 0.3 is 0 Å². The normalized spacial score (nSPS) is 10.6. The Morgan fingerprint density at radius 2 is 2.00 bits per heavy atom. The fourth-order valence-electron chi connectivity index (χ4n) is 2.26. The molecule has 1 heterocycles. The minimum atomic E-state index is -0.310. The molecule has 0 aliphatic heterocycles. The number of anilines is 2. The van der Waals surface area contributed by atoms with Gasteiger partial charge in [-0.2, -0.15) is 0 Å². The SMILES string of the molecule is CCCCN(C)c1cnc(C(=O)Nc2ccccc2OC(C)C)cn1. The average molecular weight is 342 g/mol. The van der Waals surface area contributed by atoms with Gasteiger partial charge in [0, 0.05) is 13.6 Å². The zero-order chi connectivity index (χ0) is 18.2. The summed E-state index contributed by atoms with van der Waals surface area (Å²) in [5.74, 6) is 1.08. The van der Waals surface area contributed by atoms with E-state index in [-0.39, 0.29) is 17.7 Å². The number of hydrogen-bond donors (Lipinski definition) is 1. The van der Waals surface area contributed by atoms with Crippen LogP contribution in [0.4, 0.5) is 11.5 Å². The molecule has 0 bridgehead atoms. The minimum absolute atomic E-state index is 0.0239. The summed E-state index contributed by atoms with van der Waals surface area (Å²) in [6, 6.07) is 7.34. The molecular formula is C19H26N4O2. The Hall–Kier alpha value is -2.63. The number of rotatable bonds is 8. The monoisotopic (exact) mass is 342 g/mol. The molecule has 0 atom stereocenters.